The van der Waals surface area contributed by atoms with Crippen molar-refractivity contribution in [3.05, 3.63) is 18.2 Å². The lowest BCUT2D eigenvalue weighted by molar-refractivity contribution is 0.288. The summed E-state index contributed by atoms with van der Waals surface area (Å²) in [5.41, 5.74) is 5.83. The number of hydrogen-bond donors (Lipinski definition) is 2. The summed E-state index contributed by atoms with van der Waals surface area (Å²) < 4.78 is 37.3. The van der Waals surface area contributed by atoms with E-state index in [1.807, 2.05) is 13.8 Å². The van der Waals surface area contributed by atoms with Gasteiger partial charge < -0.3 is 15.2 Å². The predicted molar refractivity (Wildman–Crippen MR) is 84.5 cm³/mol. The summed E-state index contributed by atoms with van der Waals surface area (Å²) in [7, 11) is -3.37. The molecule has 0 fully saturated rings. The van der Waals surface area contributed by atoms with Crippen LogP contribution >= 0.6 is 0 Å². The third-order valence-corrected chi connectivity index (χ3v) is 4.06. The third kappa shape index (κ3) is 6.22. The zero-order valence-electron chi connectivity index (χ0n) is 12.6. The Morgan fingerprint density at radius 2 is 1.76 bits per heavy atom. The molecule has 0 aliphatic rings. The van der Waals surface area contributed by atoms with Crippen molar-refractivity contribution in [3.8, 4) is 11.5 Å². The fraction of sp³-hybridized carbons (Fsp3) is 0.571. The number of nitrogens with one attached hydrogen (secondary N) is 1. The van der Waals surface area contributed by atoms with Crippen molar-refractivity contribution in [2.75, 3.05) is 30.2 Å². The average molecular weight is 316 g/mol. The Morgan fingerprint density at radius 1 is 1.10 bits per heavy atom. The highest BCUT2D eigenvalue weighted by atomic mass is 32.2. The maximum Gasteiger partial charge on any atom is 0.232 e. The van der Waals surface area contributed by atoms with Gasteiger partial charge in [-0.3, -0.25) is 4.72 Å². The van der Waals surface area contributed by atoms with Crippen LogP contribution in [0.2, 0.25) is 0 Å². The van der Waals surface area contributed by atoms with Crippen molar-refractivity contribution >= 4 is 15.7 Å². The Labute approximate surface area is 126 Å². The number of benzene rings is 1. The van der Waals surface area contributed by atoms with Crippen molar-refractivity contribution in [2.24, 2.45) is 5.73 Å². The highest BCUT2D eigenvalue weighted by molar-refractivity contribution is 7.92. The average Bonchev–Trinajstić information content (AvgIpc) is 2.42. The number of rotatable bonds is 10. The minimum Gasteiger partial charge on any atom is -0.490 e. The Hall–Kier alpha value is -1.47. The van der Waals surface area contributed by atoms with Gasteiger partial charge >= 0.3 is 0 Å². The van der Waals surface area contributed by atoms with Crippen molar-refractivity contribution in [2.45, 2.75) is 26.7 Å². The molecule has 0 aromatic heterocycles. The molecule has 0 unspecified atom stereocenters. The van der Waals surface area contributed by atoms with E-state index in [4.69, 9.17) is 15.2 Å². The molecule has 0 radical (unpaired) electrons. The van der Waals surface area contributed by atoms with E-state index in [1.54, 1.807) is 18.2 Å². The van der Waals surface area contributed by atoms with Gasteiger partial charge in [-0.2, -0.15) is 0 Å². The first-order valence-corrected chi connectivity index (χ1v) is 8.77. The molecule has 120 valence electrons. The van der Waals surface area contributed by atoms with Gasteiger partial charge in [0.05, 0.1) is 24.7 Å². The summed E-state index contributed by atoms with van der Waals surface area (Å²) in [4.78, 5) is 0. The van der Waals surface area contributed by atoms with Crippen LogP contribution in [0.1, 0.15) is 26.7 Å². The van der Waals surface area contributed by atoms with Crippen LogP contribution < -0.4 is 19.9 Å². The molecule has 0 saturated carbocycles. The maximum atomic E-state index is 11.9. The lowest BCUT2D eigenvalue weighted by Crippen LogP contribution is -2.17. The number of sulfonamides is 1. The molecule has 0 saturated heterocycles. The minimum absolute atomic E-state index is 0.0569. The first-order chi connectivity index (χ1) is 10.0. The molecule has 0 bridgehead atoms. The van der Waals surface area contributed by atoms with Crippen LogP contribution in [0.3, 0.4) is 0 Å². The minimum atomic E-state index is -3.37. The Bertz CT molecular complexity index is 532. The lowest BCUT2D eigenvalue weighted by atomic mass is 10.3. The SMILES string of the molecule is CCOc1ccc(NS(=O)(=O)CCCCN)cc1OCC. The molecule has 0 atom stereocenters. The molecule has 6 nitrogen and oxygen atoms in total. The summed E-state index contributed by atoms with van der Waals surface area (Å²) in [5, 5.41) is 0. The predicted octanol–water partition coefficient (Wildman–Crippen LogP) is 1.96. The molecule has 0 spiro atoms. The van der Waals surface area contributed by atoms with Gasteiger partial charge in [0, 0.05) is 6.07 Å². The Morgan fingerprint density at radius 3 is 2.38 bits per heavy atom. The monoisotopic (exact) mass is 316 g/mol. The molecule has 1 aromatic carbocycles. The van der Waals surface area contributed by atoms with Gasteiger partial charge in [-0.05, 0) is 45.4 Å². The van der Waals surface area contributed by atoms with E-state index in [0.29, 0.717) is 49.8 Å². The molecule has 0 amide bonds. The quantitative estimate of drug-likeness (QED) is 0.644. The second-order valence-corrected chi connectivity index (χ2v) is 6.29. The van der Waals surface area contributed by atoms with Gasteiger partial charge in [-0.1, -0.05) is 0 Å². The molecule has 0 heterocycles. The van der Waals surface area contributed by atoms with Crippen molar-refractivity contribution < 1.29 is 17.9 Å². The van der Waals surface area contributed by atoms with Gasteiger partial charge in [0.15, 0.2) is 11.5 Å². The van der Waals surface area contributed by atoms with Gasteiger partial charge in [-0.15, -0.1) is 0 Å². The Balaban J connectivity index is 2.81. The van der Waals surface area contributed by atoms with Crippen LogP contribution in [0.15, 0.2) is 18.2 Å². The van der Waals surface area contributed by atoms with Crippen LogP contribution in [0.4, 0.5) is 5.69 Å². The van der Waals surface area contributed by atoms with Crippen LogP contribution in [0.5, 0.6) is 11.5 Å². The van der Waals surface area contributed by atoms with E-state index in [0.717, 1.165) is 0 Å². The van der Waals surface area contributed by atoms with Gasteiger partial charge in [0.1, 0.15) is 0 Å². The Kier molecular flexibility index (Phi) is 7.31. The zero-order valence-corrected chi connectivity index (χ0v) is 13.4. The van der Waals surface area contributed by atoms with Crippen molar-refractivity contribution in [1.29, 1.82) is 0 Å². The van der Waals surface area contributed by atoms with Crippen molar-refractivity contribution in [3.63, 3.8) is 0 Å². The molecule has 7 heteroatoms. The second-order valence-electron chi connectivity index (χ2n) is 4.44. The highest BCUT2D eigenvalue weighted by Crippen LogP contribution is 2.31. The third-order valence-electron chi connectivity index (χ3n) is 2.68. The first-order valence-electron chi connectivity index (χ1n) is 7.12. The normalized spacial score (nSPS) is 11.2. The lowest BCUT2D eigenvalue weighted by Gasteiger charge is -2.13. The topological polar surface area (TPSA) is 90.7 Å². The number of anilines is 1. The molecule has 1 rings (SSSR count). The maximum absolute atomic E-state index is 11.9. The molecular formula is C14H24N2O4S. The fourth-order valence-corrected chi connectivity index (χ4v) is 2.95. The van der Waals surface area contributed by atoms with Gasteiger partial charge in [0.25, 0.3) is 0 Å². The standard InChI is InChI=1S/C14H24N2O4S/c1-3-19-13-8-7-12(11-14(13)20-4-2)16-21(17,18)10-6-5-9-15/h7-8,11,16H,3-6,9-10,15H2,1-2H3. The molecule has 1 aromatic rings. The van der Waals surface area contributed by atoms with E-state index in [2.05, 4.69) is 4.72 Å². The van der Waals surface area contributed by atoms with Crippen LogP contribution in [0.25, 0.3) is 0 Å². The number of unbranched alkanes of at least 4 members (excludes halogenated alkanes) is 1. The molecular weight excluding hydrogens is 292 g/mol. The van der Waals surface area contributed by atoms with E-state index >= 15 is 0 Å². The zero-order chi connectivity index (χ0) is 15.7. The number of nitrogens with two attached hydrogens (primary N) is 1. The summed E-state index contributed by atoms with van der Waals surface area (Å²) in [6.07, 6.45) is 1.23. The molecule has 0 aliphatic carbocycles. The van der Waals surface area contributed by atoms with E-state index < -0.39 is 10.0 Å². The largest absolute Gasteiger partial charge is 0.490 e. The van der Waals surface area contributed by atoms with Crippen LogP contribution in [-0.4, -0.2) is 33.9 Å². The first kappa shape index (κ1) is 17.6. The van der Waals surface area contributed by atoms with E-state index in [9.17, 15) is 8.42 Å². The fourth-order valence-electron chi connectivity index (χ4n) is 1.78. The van der Waals surface area contributed by atoms with Crippen LogP contribution in [-0.2, 0) is 10.0 Å². The van der Waals surface area contributed by atoms with Gasteiger partial charge in [0.2, 0.25) is 10.0 Å². The van der Waals surface area contributed by atoms with E-state index in [1.165, 1.54) is 0 Å². The molecule has 21 heavy (non-hydrogen) atoms. The number of ether oxygens (including phenoxy) is 2. The molecule has 0 aliphatic heterocycles. The molecule has 3 N–H and O–H groups in total. The highest BCUT2D eigenvalue weighted by Gasteiger charge is 2.12. The summed E-state index contributed by atoms with van der Waals surface area (Å²) in [6.45, 7) is 5.23. The van der Waals surface area contributed by atoms with Gasteiger partial charge in [-0.25, -0.2) is 8.42 Å². The second kappa shape index (κ2) is 8.74. The van der Waals surface area contributed by atoms with E-state index in [-0.39, 0.29) is 5.75 Å². The summed E-state index contributed by atoms with van der Waals surface area (Å²) in [6, 6.07) is 5.00. The van der Waals surface area contributed by atoms with Crippen molar-refractivity contribution in [1.82, 2.24) is 0 Å². The number of hydrogen-bond acceptors (Lipinski definition) is 5. The summed E-state index contributed by atoms with van der Waals surface area (Å²) in [5.74, 6) is 1.19. The smallest absolute Gasteiger partial charge is 0.232 e. The summed E-state index contributed by atoms with van der Waals surface area (Å²) >= 11 is 0. The van der Waals surface area contributed by atoms with Crippen LogP contribution in [0, 0.1) is 0 Å².